The average molecular weight is 829 g/mol. The van der Waals surface area contributed by atoms with Crippen LogP contribution in [-0.2, 0) is 0 Å². The van der Waals surface area contributed by atoms with Gasteiger partial charge >= 0.3 is 0 Å². The second-order valence-corrected chi connectivity index (χ2v) is 20.9. The number of aryl methyl sites for hydroxylation is 6. The van der Waals surface area contributed by atoms with Gasteiger partial charge in [-0.1, -0.05) is 109 Å². The first-order valence-corrected chi connectivity index (χ1v) is 24.0. The lowest BCUT2D eigenvalue weighted by molar-refractivity contribution is 1.43. The third-order valence-electron chi connectivity index (χ3n) is 18.8. The number of rotatable bonds is 0. The maximum atomic E-state index is 2.54. The van der Waals surface area contributed by atoms with Crippen molar-refractivity contribution in [3.8, 4) is 0 Å². The van der Waals surface area contributed by atoms with Gasteiger partial charge in [-0.25, -0.2) is 0 Å². The van der Waals surface area contributed by atoms with E-state index in [9.17, 15) is 0 Å². The van der Waals surface area contributed by atoms with Gasteiger partial charge in [-0.15, -0.1) is 0 Å². The molecule has 0 aliphatic heterocycles. The molecule has 0 unspecified atom stereocenters. The monoisotopic (exact) mass is 828 g/mol. The topological polar surface area (TPSA) is 0 Å². The Morgan fingerprint density at radius 2 is 0.288 bits per heavy atom. The molecule has 19 rings (SSSR count). The van der Waals surface area contributed by atoms with Crippen LogP contribution in [0.3, 0.4) is 0 Å². The molecular formula is C66H36. The maximum Gasteiger partial charge on any atom is -0.0000138 e. The molecule has 0 nitrogen and oxygen atoms in total. The lowest BCUT2D eigenvalue weighted by atomic mass is 9.69. The zero-order chi connectivity index (χ0) is 43.0. The van der Waals surface area contributed by atoms with Crippen molar-refractivity contribution < 1.29 is 0 Å². The Balaban J connectivity index is 1.34. The average Bonchev–Trinajstić information content (AvgIpc) is 3.35. The van der Waals surface area contributed by atoms with Gasteiger partial charge in [-0.3, -0.25) is 0 Å². The molecule has 300 valence electrons. The fourth-order valence-electron chi connectivity index (χ4n) is 16.2. The molecule has 66 heavy (non-hydrogen) atoms. The molecule has 0 spiro atoms. The van der Waals surface area contributed by atoms with Gasteiger partial charge in [0.05, 0.1) is 0 Å². The smallest absolute Gasteiger partial charge is 0.0000138 e. The van der Waals surface area contributed by atoms with Crippen LogP contribution in [0.2, 0.25) is 0 Å². The van der Waals surface area contributed by atoms with Crippen LogP contribution in [0.15, 0.2) is 109 Å². The van der Waals surface area contributed by atoms with Crippen LogP contribution in [0.1, 0.15) is 33.4 Å². The maximum absolute atomic E-state index is 2.54. The van der Waals surface area contributed by atoms with Crippen molar-refractivity contribution in [1.82, 2.24) is 0 Å². The van der Waals surface area contributed by atoms with E-state index in [1.54, 1.807) is 0 Å². The molecule has 0 radical (unpaired) electrons. The van der Waals surface area contributed by atoms with E-state index in [0.29, 0.717) is 0 Å². The van der Waals surface area contributed by atoms with E-state index in [4.69, 9.17) is 0 Å². The van der Waals surface area contributed by atoms with Gasteiger partial charge < -0.3 is 0 Å². The van der Waals surface area contributed by atoms with Crippen LogP contribution in [0, 0.1) is 41.5 Å². The third-order valence-corrected chi connectivity index (χ3v) is 18.8. The van der Waals surface area contributed by atoms with Crippen LogP contribution in [0.25, 0.3) is 194 Å². The predicted octanol–water partition coefficient (Wildman–Crippen LogP) is 19.2. The Morgan fingerprint density at radius 1 is 0.136 bits per heavy atom. The molecule has 0 N–H and O–H groups in total. The molecule has 0 heteroatoms. The minimum Gasteiger partial charge on any atom is -0.0616 e. The molecule has 0 aliphatic rings. The van der Waals surface area contributed by atoms with Crippen molar-refractivity contribution in [2.24, 2.45) is 0 Å². The van der Waals surface area contributed by atoms with E-state index in [1.165, 1.54) is 227 Å². The fourth-order valence-corrected chi connectivity index (χ4v) is 16.2. The summed E-state index contributed by atoms with van der Waals surface area (Å²) in [5, 5.41) is 51.8. The van der Waals surface area contributed by atoms with E-state index >= 15 is 0 Å². The number of benzene rings is 19. The lowest BCUT2D eigenvalue weighted by Crippen LogP contribution is -2.05. The first-order valence-electron chi connectivity index (χ1n) is 24.0. The minimum absolute atomic E-state index is 1.36. The summed E-state index contributed by atoms with van der Waals surface area (Å²) >= 11 is 0. The SMILES string of the molecule is Cc1c(C)c2c3ccc4c5ccccc5c5c(C)c(C)c6c7ccc8c9ccccc9c9c(C)c(C)c%10c%11ccc%12c%13ccccc%13c1c1c%12c%11c%11c(c21)c1c3c4c5c6c1c1c7c8c9c%10c%111. The summed E-state index contributed by atoms with van der Waals surface area (Å²) < 4.78 is 0. The van der Waals surface area contributed by atoms with E-state index < -0.39 is 0 Å². The van der Waals surface area contributed by atoms with Crippen molar-refractivity contribution in [1.29, 1.82) is 0 Å². The van der Waals surface area contributed by atoms with Gasteiger partial charge in [-0.05, 0) is 269 Å². The summed E-state index contributed by atoms with van der Waals surface area (Å²) in [7, 11) is 0. The zero-order valence-electron chi connectivity index (χ0n) is 37.4. The van der Waals surface area contributed by atoms with Crippen molar-refractivity contribution >= 4 is 194 Å². The van der Waals surface area contributed by atoms with Crippen LogP contribution >= 0.6 is 0 Å². The van der Waals surface area contributed by atoms with Crippen LogP contribution < -0.4 is 0 Å². The molecular weight excluding hydrogens is 793 g/mol. The molecule has 0 bridgehead atoms. The summed E-state index contributed by atoms with van der Waals surface area (Å²) in [6.45, 7) is 14.6. The Morgan fingerprint density at radius 3 is 0.561 bits per heavy atom. The molecule has 0 heterocycles. The Kier molecular flexibility index (Phi) is 4.84. The van der Waals surface area contributed by atoms with Gasteiger partial charge in [0.2, 0.25) is 0 Å². The quantitative estimate of drug-likeness (QED) is 0.106. The molecule has 0 saturated heterocycles. The lowest BCUT2D eigenvalue weighted by Gasteiger charge is -2.33. The Hall–Kier alpha value is -7.80. The van der Waals surface area contributed by atoms with E-state index in [-0.39, 0.29) is 0 Å². The first-order chi connectivity index (χ1) is 32.4. The largest absolute Gasteiger partial charge is 0.0616 e. The Bertz CT molecular complexity index is 4910. The van der Waals surface area contributed by atoms with Gasteiger partial charge in [-0.2, -0.15) is 0 Å². The van der Waals surface area contributed by atoms with E-state index in [0.717, 1.165) is 0 Å². The number of fused-ring (bicyclic) bond motifs is 12. The number of hydrogen-bond acceptors (Lipinski definition) is 0. The Labute approximate surface area is 376 Å². The molecule has 0 saturated carbocycles. The van der Waals surface area contributed by atoms with Crippen molar-refractivity contribution in [2.75, 3.05) is 0 Å². The van der Waals surface area contributed by atoms with Crippen LogP contribution in [0.4, 0.5) is 0 Å². The standard InChI is InChI=1S/C66H36/c1-25-28(4)46-40-22-19-38-32-14-8-11-17-35(32)44-27(3)30(6)48-42-24-21-39-33-15-9-12-18-36(33)45-26(2)29(5)47-41-23-20-37-31-13-7-10-16-34(31)43(25)55-49(37)53(41)62-64(58(46)55)61-52(40)50(38)56(44)60(48)65(61)63-54(42)51(39)57(45)59(47)66(62)63/h7-24H,1-6H3. The highest BCUT2D eigenvalue weighted by atomic mass is 14.4. The fraction of sp³-hybridized carbons (Fsp3) is 0.0909. The van der Waals surface area contributed by atoms with E-state index in [2.05, 4.69) is 151 Å². The second kappa shape index (κ2) is 9.74. The highest BCUT2D eigenvalue weighted by Gasteiger charge is 2.37. The molecule has 0 fully saturated rings. The third kappa shape index (κ3) is 2.87. The zero-order valence-corrected chi connectivity index (χ0v) is 37.4. The first kappa shape index (κ1) is 32.8. The summed E-state index contributed by atoms with van der Waals surface area (Å²) in [6.07, 6.45) is 0. The molecule has 19 aromatic carbocycles. The van der Waals surface area contributed by atoms with Crippen molar-refractivity contribution in [3.05, 3.63) is 143 Å². The van der Waals surface area contributed by atoms with Crippen LogP contribution in [0.5, 0.6) is 0 Å². The van der Waals surface area contributed by atoms with Crippen molar-refractivity contribution in [2.45, 2.75) is 41.5 Å². The predicted molar refractivity (Wildman–Crippen MR) is 291 cm³/mol. The van der Waals surface area contributed by atoms with Gasteiger partial charge in [0, 0.05) is 0 Å². The summed E-state index contributed by atoms with van der Waals surface area (Å²) in [4.78, 5) is 0. The van der Waals surface area contributed by atoms with Gasteiger partial charge in [0.15, 0.2) is 0 Å². The highest BCUT2D eigenvalue weighted by molar-refractivity contribution is 6.66. The minimum atomic E-state index is 1.36. The second-order valence-electron chi connectivity index (χ2n) is 20.9. The van der Waals surface area contributed by atoms with Crippen molar-refractivity contribution in [3.63, 3.8) is 0 Å². The van der Waals surface area contributed by atoms with E-state index in [1.807, 2.05) is 0 Å². The molecule has 0 atom stereocenters. The molecule has 0 aromatic heterocycles. The summed E-state index contributed by atoms with van der Waals surface area (Å²) in [5.41, 5.74) is 8.48. The summed E-state index contributed by atoms with van der Waals surface area (Å²) in [6, 6.07) is 43.1. The number of hydrogen-bond donors (Lipinski definition) is 0. The molecule has 0 aliphatic carbocycles. The van der Waals surface area contributed by atoms with Gasteiger partial charge in [0.1, 0.15) is 0 Å². The van der Waals surface area contributed by atoms with Gasteiger partial charge in [0.25, 0.3) is 0 Å². The highest BCUT2D eigenvalue weighted by Crippen LogP contribution is 2.65. The normalized spacial score (nSPS) is 13.9. The molecule has 19 aromatic rings. The van der Waals surface area contributed by atoms with Crippen LogP contribution in [-0.4, -0.2) is 0 Å². The summed E-state index contributed by atoms with van der Waals surface area (Å²) in [5.74, 6) is 0. The molecule has 0 amide bonds.